The molecule has 2 heterocycles. The van der Waals surface area contributed by atoms with Crippen LogP contribution < -0.4 is 48.7 Å². The second-order valence-corrected chi connectivity index (χ2v) is 18.0. The number of amidine groups is 1. The van der Waals surface area contributed by atoms with Crippen molar-refractivity contribution < 1.29 is 43.1 Å². The predicted octanol–water partition coefficient (Wildman–Crippen LogP) is 5.28. The number of hydrogen-bond donors (Lipinski definition) is 9. The van der Waals surface area contributed by atoms with E-state index < -0.39 is 47.8 Å². The van der Waals surface area contributed by atoms with Gasteiger partial charge in [0, 0.05) is 67.6 Å². The van der Waals surface area contributed by atoms with Gasteiger partial charge in [-0.1, -0.05) is 72.1 Å². The van der Waals surface area contributed by atoms with Gasteiger partial charge in [0.05, 0.1) is 17.6 Å². The minimum atomic E-state index is -1.02. The minimum absolute atomic E-state index is 0.0406. The number of carbonyl (C=O) groups excluding carboxylic acids is 8. The van der Waals surface area contributed by atoms with Crippen LogP contribution in [0.4, 0.5) is 26.7 Å². The summed E-state index contributed by atoms with van der Waals surface area (Å²) in [6.07, 6.45) is 10.2. The number of nitrogens with one attached hydrogen (secondary N) is 7. The van der Waals surface area contributed by atoms with Gasteiger partial charge in [0.2, 0.25) is 29.5 Å². The fraction of sp³-hybridized carbons (Fsp3) is 0.462. The quantitative estimate of drug-likeness (QED) is 0.0421. The number of amides is 9. The Balaban J connectivity index is 1.23. The van der Waals surface area contributed by atoms with Crippen LogP contribution in [0, 0.1) is 5.92 Å². The number of nitrogens with two attached hydrogens (primary N) is 2. The zero-order valence-corrected chi connectivity index (χ0v) is 42.6. The molecule has 1 aliphatic heterocycles. The monoisotopic (exact) mass is 1010 g/mol. The number of aliphatic imine (C=N–C) groups is 1. The number of pyridine rings is 1. The zero-order chi connectivity index (χ0) is 53.3. The Bertz CT molecular complexity index is 2450. The van der Waals surface area contributed by atoms with Crippen LogP contribution in [-0.2, 0) is 41.9 Å². The molecule has 0 bridgehead atoms. The van der Waals surface area contributed by atoms with Crippen molar-refractivity contribution in [1.29, 1.82) is 0 Å². The molecule has 73 heavy (non-hydrogen) atoms. The first kappa shape index (κ1) is 57.7. The molecule has 4 rings (SSSR count). The summed E-state index contributed by atoms with van der Waals surface area (Å²) in [4.78, 5) is 113. The standard InChI is InChI=1S/C52H72N12O9/c1-6-9-10-11-14-44(65)63-46(33(4)5)49(69)62-41(13-12-21-56-51(54)71)48(68)59-39-19-15-34(16-20-39)32-73-52(72)58-31-45(66)57-29-35-24-40(30-55-28-35)60-47(67)37-18-17-36-25-38(27-43(53)61-42(36)26-37)50(70)64(22-7-2)23-8-3/h15-20,24-26,28,30,33,41,46H,6-14,21-23,27,29,31-32H2,1-5H3,(H2,53,61)(H,57,66)(H,58,72)(H,59,68)(H,60,67)(H,62,69)(H,63,65)(H3,54,56,71). The van der Waals surface area contributed by atoms with Crippen molar-refractivity contribution in [2.45, 2.75) is 124 Å². The highest BCUT2D eigenvalue weighted by atomic mass is 16.5. The second-order valence-electron chi connectivity index (χ2n) is 18.0. The van der Waals surface area contributed by atoms with Crippen LogP contribution in [0.2, 0.25) is 0 Å². The Morgan fingerprint density at radius 2 is 1.49 bits per heavy atom. The molecule has 2 unspecified atom stereocenters. The Kier molecular flexibility index (Phi) is 23.8. The van der Waals surface area contributed by atoms with Gasteiger partial charge >= 0.3 is 12.1 Å². The molecule has 0 saturated heterocycles. The lowest BCUT2D eigenvalue weighted by atomic mass is 10.0. The fourth-order valence-electron chi connectivity index (χ4n) is 7.65. The number of carbonyl (C=O) groups is 8. The fourth-order valence-corrected chi connectivity index (χ4v) is 7.65. The highest BCUT2D eigenvalue weighted by Gasteiger charge is 2.29. The maximum Gasteiger partial charge on any atom is 0.407 e. The van der Waals surface area contributed by atoms with E-state index >= 15 is 0 Å². The first-order valence-corrected chi connectivity index (χ1v) is 24.9. The van der Waals surface area contributed by atoms with E-state index in [2.05, 4.69) is 54.1 Å². The predicted molar refractivity (Wildman–Crippen MR) is 279 cm³/mol. The molecule has 0 saturated carbocycles. The molecule has 2 atom stereocenters. The summed E-state index contributed by atoms with van der Waals surface area (Å²) in [6.45, 7) is 10.7. The van der Waals surface area contributed by atoms with Gasteiger partial charge in [-0.05, 0) is 85.6 Å². The smallest absolute Gasteiger partial charge is 0.407 e. The minimum Gasteiger partial charge on any atom is -0.445 e. The molecular formula is C52H72N12O9. The topological polar surface area (TPSA) is 311 Å². The molecule has 11 N–H and O–H groups in total. The third kappa shape index (κ3) is 20.1. The zero-order valence-electron chi connectivity index (χ0n) is 42.6. The summed E-state index contributed by atoms with van der Waals surface area (Å²) in [5.41, 5.74) is 15.3. The van der Waals surface area contributed by atoms with Crippen LogP contribution in [0.3, 0.4) is 0 Å². The number of unbranched alkanes of at least 4 members (excludes halogenated alkanes) is 3. The van der Waals surface area contributed by atoms with Crippen molar-refractivity contribution >= 4 is 76.5 Å². The lowest BCUT2D eigenvalue weighted by Crippen LogP contribution is -2.54. The van der Waals surface area contributed by atoms with Crippen LogP contribution in [-0.4, -0.2) is 102 Å². The number of alkyl carbamates (subject to hydrolysis) is 1. The van der Waals surface area contributed by atoms with Crippen LogP contribution in [0.15, 0.2) is 71.5 Å². The molecule has 394 valence electrons. The number of aromatic nitrogens is 1. The van der Waals surface area contributed by atoms with Gasteiger partial charge in [-0.3, -0.25) is 33.8 Å². The van der Waals surface area contributed by atoms with E-state index in [-0.39, 0.29) is 62.7 Å². The number of ether oxygens (including phenoxy) is 1. The van der Waals surface area contributed by atoms with Crippen molar-refractivity contribution in [3.05, 3.63) is 88.8 Å². The molecule has 0 aliphatic carbocycles. The summed E-state index contributed by atoms with van der Waals surface area (Å²) in [5.74, 6) is -2.31. The lowest BCUT2D eigenvalue weighted by Gasteiger charge is -2.25. The number of benzene rings is 2. The van der Waals surface area contributed by atoms with E-state index in [0.29, 0.717) is 77.2 Å². The molecule has 2 aromatic carbocycles. The summed E-state index contributed by atoms with van der Waals surface area (Å²) >= 11 is 0. The molecular weight excluding hydrogens is 937 g/mol. The highest BCUT2D eigenvalue weighted by Crippen LogP contribution is 2.29. The van der Waals surface area contributed by atoms with Crippen LogP contribution in [0.5, 0.6) is 0 Å². The SMILES string of the molecule is CCCCCCC(=O)NC(C(=O)NC(CCCNC(N)=O)C(=O)Nc1ccc(COC(=O)NCC(=O)NCc2cncc(NC(=O)c3ccc4c(c3)N=C(N)CC(C(=O)N(CCC)CCC)=C4)c2)cc1)C(C)C. The molecule has 0 fully saturated rings. The van der Waals surface area contributed by atoms with Gasteiger partial charge in [-0.2, -0.15) is 0 Å². The van der Waals surface area contributed by atoms with E-state index in [4.69, 9.17) is 16.2 Å². The van der Waals surface area contributed by atoms with Gasteiger partial charge in [0.15, 0.2) is 0 Å². The van der Waals surface area contributed by atoms with Crippen LogP contribution in [0.25, 0.3) is 6.08 Å². The molecule has 0 radical (unpaired) electrons. The van der Waals surface area contributed by atoms with Crippen molar-refractivity contribution in [1.82, 2.24) is 36.5 Å². The number of anilines is 2. The third-order valence-electron chi connectivity index (χ3n) is 11.5. The Morgan fingerprint density at radius 3 is 2.18 bits per heavy atom. The molecule has 21 nitrogen and oxygen atoms in total. The molecule has 21 heteroatoms. The molecule has 1 aliphatic rings. The third-order valence-corrected chi connectivity index (χ3v) is 11.5. The van der Waals surface area contributed by atoms with Gasteiger partial charge < -0.3 is 58.3 Å². The van der Waals surface area contributed by atoms with E-state index in [9.17, 15) is 38.4 Å². The maximum absolute atomic E-state index is 13.5. The molecule has 0 spiro atoms. The van der Waals surface area contributed by atoms with Crippen molar-refractivity contribution in [3.8, 4) is 0 Å². The number of primary amides is 1. The van der Waals surface area contributed by atoms with Gasteiger partial charge in [0.1, 0.15) is 31.1 Å². The van der Waals surface area contributed by atoms with Crippen molar-refractivity contribution in [2.75, 3.05) is 36.8 Å². The number of rotatable bonds is 28. The first-order valence-electron chi connectivity index (χ1n) is 24.9. The van der Waals surface area contributed by atoms with E-state index in [1.807, 2.05) is 18.7 Å². The average Bonchev–Trinajstić information content (AvgIpc) is 3.53. The van der Waals surface area contributed by atoms with Crippen LogP contribution in [0.1, 0.15) is 126 Å². The number of fused-ring (bicyclic) bond motifs is 1. The summed E-state index contributed by atoms with van der Waals surface area (Å²) in [7, 11) is 0. The number of hydrogen-bond acceptors (Lipinski definition) is 12. The summed E-state index contributed by atoms with van der Waals surface area (Å²) in [6, 6.07) is 10.4. The van der Waals surface area contributed by atoms with E-state index in [1.54, 1.807) is 68.5 Å². The summed E-state index contributed by atoms with van der Waals surface area (Å²) < 4.78 is 5.27. The Morgan fingerprint density at radius 1 is 0.753 bits per heavy atom. The molecule has 1 aromatic heterocycles. The van der Waals surface area contributed by atoms with Gasteiger partial charge in [-0.15, -0.1) is 0 Å². The lowest BCUT2D eigenvalue weighted by molar-refractivity contribution is -0.132. The number of urea groups is 1. The normalized spacial score (nSPS) is 12.6. The van der Waals surface area contributed by atoms with Crippen molar-refractivity contribution in [3.63, 3.8) is 0 Å². The van der Waals surface area contributed by atoms with Crippen molar-refractivity contribution in [2.24, 2.45) is 22.4 Å². The molecule has 3 aromatic rings. The summed E-state index contributed by atoms with van der Waals surface area (Å²) in [5, 5.41) is 18.7. The first-order chi connectivity index (χ1) is 35.0. The van der Waals surface area contributed by atoms with Crippen LogP contribution >= 0.6 is 0 Å². The largest absolute Gasteiger partial charge is 0.445 e. The average molecular weight is 1010 g/mol. The Hall–Kier alpha value is -7.84. The highest BCUT2D eigenvalue weighted by molar-refractivity contribution is 6.08. The van der Waals surface area contributed by atoms with E-state index in [0.717, 1.165) is 32.1 Å². The van der Waals surface area contributed by atoms with E-state index in [1.165, 1.54) is 12.4 Å². The van der Waals surface area contributed by atoms with Gasteiger partial charge in [-0.25, -0.2) is 14.6 Å². The van der Waals surface area contributed by atoms with Gasteiger partial charge in [0.25, 0.3) is 5.91 Å². The Labute approximate surface area is 426 Å². The maximum atomic E-state index is 13.5. The second kappa shape index (κ2) is 30.1. The number of nitrogens with zero attached hydrogens (tertiary/aromatic N) is 3. The molecule has 9 amide bonds.